The summed E-state index contributed by atoms with van der Waals surface area (Å²) in [5, 5.41) is 5.87. The van der Waals surface area contributed by atoms with E-state index in [0.29, 0.717) is 5.92 Å². The monoisotopic (exact) mass is 312 g/mol. The number of carbonyl (C=O) groups excluding carboxylic acids is 1. The Kier molecular flexibility index (Phi) is 5.37. The molecule has 1 atom stereocenters. The zero-order valence-electron chi connectivity index (χ0n) is 14.1. The third-order valence-corrected chi connectivity index (χ3v) is 5.20. The highest BCUT2D eigenvalue weighted by Crippen LogP contribution is 2.26. The number of amides is 2. The van der Waals surface area contributed by atoms with Crippen molar-refractivity contribution in [1.82, 2.24) is 10.6 Å². The number of allylic oxidation sites excluding steroid dienone is 1. The molecule has 1 aromatic rings. The molecule has 1 aromatic carbocycles. The van der Waals surface area contributed by atoms with Gasteiger partial charge in [0.1, 0.15) is 0 Å². The smallest absolute Gasteiger partial charge is 0.319 e. The number of urea groups is 1. The van der Waals surface area contributed by atoms with Crippen LogP contribution in [0.3, 0.4) is 0 Å². The molecule has 0 aromatic heterocycles. The Labute approximate surface area is 139 Å². The molecule has 0 saturated heterocycles. The van der Waals surface area contributed by atoms with E-state index in [2.05, 4.69) is 34.9 Å². The van der Waals surface area contributed by atoms with Gasteiger partial charge in [-0.1, -0.05) is 37.1 Å². The van der Waals surface area contributed by atoms with Gasteiger partial charge in [-0.3, -0.25) is 0 Å². The molecule has 3 rings (SSSR count). The third-order valence-electron chi connectivity index (χ3n) is 5.20. The standard InChI is InChI=1S/C20H28N2O/c1-15(18-11-10-17-8-4-5-9-19(17)14-18)22-20(23)21-13-12-16-6-2-3-7-16/h10-16H,2-9H2,1H3,(H2,21,22,23)/b13-12+. The number of fused-ring (bicyclic) bond motifs is 1. The maximum Gasteiger partial charge on any atom is 0.319 e. The van der Waals surface area contributed by atoms with E-state index in [4.69, 9.17) is 0 Å². The summed E-state index contributed by atoms with van der Waals surface area (Å²) in [4.78, 5) is 12.0. The maximum atomic E-state index is 12.0. The Balaban J connectivity index is 1.51. The molecule has 1 fully saturated rings. The lowest BCUT2D eigenvalue weighted by Gasteiger charge is -2.20. The van der Waals surface area contributed by atoms with Crippen LogP contribution in [0, 0.1) is 5.92 Å². The lowest BCUT2D eigenvalue weighted by Crippen LogP contribution is -2.34. The van der Waals surface area contributed by atoms with Gasteiger partial charge in [0.25, 0.3) is 0 Å². The number of rotatable bonds is 4. The van der Waals surface area contributed by atoms with E-state index in [1.807, 2.05) is 13.1 Å². The highest BCUT2D eigenvalue weighted by Gasteiger charge is 2.14. The summed E-state index contributed by atoms with van der Waals surface area (Å²) in [6.45, 7) is 2.05. The molecule has 1 unspecified atom stereocenters. The lowest BCUT2D eigenvalue weighted by molar-refractivity contribution is 0.241. The van der Waals surface area contributed by atoms with Gasteiger partial charge in [0.05, 0.1) is 6.04 Å². The van der Waals surface area contributed by atoms with Gasteiger partial charge in [0.15, 0.2) is 0 Å². The van der Waals surface area contributed by atoms with Crippen molar-refractivity contribution < 1.29 is 4.79 Å². The van der Waals surface area contributed by atoms with Crippen LogP contribution < -0.4 is 10.6 Å². The molecule has 3 heteroatoms. The topological polar surface area (TPSA) is 41.1 Å². The van der Waals surface area contributed by atoms with Gasteiger partial charge in [-0.15, -0.1) is 0 Å². The first kappa shape index (κ1) is 16.1. The van der Waals surface area contributed by atoms with E-state index in [9.17, 15) is 4.79 Å². The van der Waals surface area contributed by atoms with Crippen molar-refractivity contribution in [3.05, 3.63) is 47.2 Å². The molecule has 2 N–H and O–H groups in total. The molecule has 2 aliphatic rings. The highest BCUT2D eigenvalue weighted by atomic mass is 16.2. The largest absolute Gasteiger partial charge is 0.331 e. The quantitative estimate of drug-likeness (QED) is 0.836. The Morgan fingerprint density at radius 1 is 1.13 bits per heavy atom. The van der Waals surface area contributed by atoms with Crippen molar-refractivity contribution in [2.45, 2.75) is 64.3 Å². The summed E-state index contributed by atoms with van der Waals surface area (Å²) < 4.78 is 0. The van der Waals surface area contributed by atoms with E-state index < -0.39 is 0 Å². The van der Waals surface area contributed by atoms with E-state index in [1.165, 1.54) is 68.1 Å². The number of nitrogens with one attached hydrogen (secondary N) is 2. The molecule has 0 spiro atoms. The lowest BCUT2D eigenvalue weighted by atomic mass is 9.89. The molecule has 2 aliphatic carbocycles. The van der Waals surface area contributed by atoms with Gasteiger partial charge in [-0.05, 0) is 68.1 Å². The average molecular weight is 312 g/mol. The van der Waals surface area contributed by atoms with Gasteiger partial charge >= 0.3 is 6.03 Å². The minimum absolute atomic E-state index is 0.0297. The summed E-state index contributed by atoms with van der Waals surface area (Å²) in [5.74, 6) is 0.647. The molecule has 0 aliphatic heterocycles. The molecule has 0 radical (unpaired) electrons. The van der Waals surface area contributed by atoms with Gasteiger partial charge < -0.3 is 10.6 Å². The van der Waals surface area contributed by atoms with E-state index in [-0.39, 0.29) is 12.1 Å². The fourth-order valence-electron chi connectivity index (χ4n) is 3.75. The second-order valence-electron chi connectivity index (χ2n) is 6.98. The van der Waals surface area contributed by atoms with Crippen LogP contribution in [0.1, 0.15) is 68.2 Å². The van der Waals surface area contributed by atoms with Gasteiger partial charge in [0, 0.05) is 6.20 Å². The minimum atomic E-state index is -0.121. The fraction of sp³-hybridized carbons (Fsp3) is 0.550. The van der Waals surface area contributed by atoms with Gasteiger partial charge in [-0.25, -0.2) is 4.79 Å². The molecular formula is C20H28N2O. The Hall–Kier alpha value is -1.77. The van der Waals surface area contributed by atoms with Crippen LogP contribution in [0.4, 0.5) is 4.79 Å². The third kappa shape index (κ3) is 4.37. The van der Waals surface area contributed by atoms with Crippen molar-refractivity contribution in [3.63, 3.8) is 0 Å². The first-order valence-electron chi connectivity index (χ1n) is 9.08. The number of hydrogen-bond donors (Lipinski definition) is 2. The number of benzene rings is 1. The van der Waals surface area contributed by atoms with Crippen molar-refractivity contribution in [2.24, 2.45) is 5.92 Å². The molecule has 124 valence electrons. The molecule has 1 saturated carbocycles. The number of hydrogen-bond acceptors (Lipinski definition) is 1. The van der Waals surface area contributed by atoms with Crippen LogP contribution >= 0.6 is 0 Å². The zero-order valence-corrected chi connectivity index (χ0v) is 14.1. The zero-order chi connectivity index (χ0) is 16.1. The summed E-state index contributed by atoms with van der Waals surface area (Å²) in [6, 6.07) is 6.57. The van der Waals surface area contributed by atoms with Crippen LogP contribution in [0.25, 0.3) is 0 Å². The van der Waals surface area contributed by atoms with Crippen molar-refractivity contribution in [3.8, 4) is 0 Å². The molecule has 3 nitrogen and oxygen atoms in total. The first-order valence-corrected chi connectivity index (χ1v) is 9.08. The first-order chi connectivity index (χ1) is 11.2. The summed E-state index contributed by atoms with van der Waals surface area (Å²) in [5.41, 5.74) is 4.14. The van der Waals surface area contributed by atoms with E-state index in [1.54, 1.807) is 0 Å². The second-order valence-corrected chi connectivity index (χ2v) is 6.98. The predicted molar refractivity (Wildman–Crippen MR) is 94.3 cm³/mol. The van der Waals surface area contributed by atoms with Gasteiger partial charge in [0.2, 0.25) is 0 Å². The second kappa shape index (κ2) is 7.67. The van der Waals surface area contributed by atoms with Crippen LogP contribution in [-0.4, -0.2) is 6.03 Å². The fourth-order valence-corrected chi connectivity index (χ4v) is 3.75. The molecule has 0 heterocycles. The van der Waals surface area contributed by atoms with E-state index >= 15 is 0 Å². The van der Waals surface area contributed by atoms with Gasteiger partial charge in [-0.2, -0.15) is 0 Å². The SMILES string of the molecule is CC(NC(=O)N/C=C/C1CCCC1)c1ccc2c(c1)CCCC2. The Morgan fingerprint density at radius 3 is 2.65 bits per heavy atom. The Bertz CT molecular complexity index is 573. The van der Waals surface area contributed by atoms with Crippen molar-refractivity contribution in [2.75, 3.05) is 0 Å². The van der Waals surface area contributed by atoms with Crippen molar-refractivity contribution in [1.29, 1.82) is 0 Å². The number of carbonyl (C=O) groups is 1. The van der Waals surface area contributed by atoms with Crippen LogP contribution in [-0.2, 0) is 12.8 Å². The molecule has 23 heavy (non-hydrogen) atoms. The van der Waals surface area contributed by atoms with Crippen LogP contribution in [0.2, 0.25) is 0 Å². The average Bonchev–Trinajstić information content (AvgIpc) is 3.07. The summed E-state index contributed by atoms with van der Waals surface area (Å²) in [6.07, 6.45) is 14.0. The number of aryl methyl sites for hydroxylation is 2. The predicted octanol–water partition coefficient (Wildman–Crippen LogP) is 4.63. The minimum Gasteiger partial charge on any atom is -0.331 e. The summed E-state index contributed by atoms with van der Waals surface area (Å²) in [7, 11) is 0. The van der Waals surface area contributed by atoms with Crippen LogP contribution in [0.5, 0.6) is 0 Å². The van der Waals surface area contributed by atoms with Crippen molar-refractivity contribution >= 4 is 6.03 Å². The maximum absolute atomic E-state index is 12.0. The molecule has 2 amide bonds. The normalized spacial score (nSPS) is 19.5. The van der Waals surface area contributed by atoms with Crippen LogP contribution in [0.15, 0.2) is 30.5 Å². The summed E-state index contributed by atoms with van der Waals surface area (Å²) >= 11 is 0. The Morgan fingerprint density at radius 2 is 1.87 bits per heavy atom. The molecular weight excluding hydrogens is 284 g/mol. The molecule has 0 bridgehead atoms. The highest BCUT2D eigenvalue weighted by molar-refractivity contribution is 5.75. The van der Waals surface area contributed by atoms with E-state index in [0.717, 1.165) is 0 Å².